The average Bonchev–Trinajstić information content (AvgIpc) is 2.29. The molecule has 1 aromatic rings. The maximum atomic E-state index is 12.0. The average molecular weight is 236 g/mol. The van der Waals surface area contributed by atoms with E-state index in [-0.39, 0.29) is 11.9 Å². The topological polar surface area (TPSA) is 55.6 Å². The standard InChI is InChI=1S/C13H20N2O2/c1-10-4-6-11(7-5-10)13(16)15(2)8-12(14)9-17-3/h4-7,12H,8-9,14H2,1-3H3. The van der Waals surface area contributed by atoms with E-state index in [1.165, 1.54) is 0 Å². The van der Waals surface area contributed by atoms with E-state index in [9.17, 15) is 4.79 Å². The van der Waals surface area contributed by atoms with Crippen LogP contribution in [0.25, 0.3) is 0 Å². The van der Waals surface area contributed by atoms with E-state index >= 15 is 0 Å². The molecule has 0 saturated heterocycles. The SMILES string of the molecule is COCC(N)CN(C)C(=O)c1ccc(C)cc1. The smallest absolute Gasteiger partial charge is 0.253 e. The van der Waals surface area contributed by atoms with E-state index in [2.05, 4.69) is 0 Å². The molecule has 0 aliphatic carbocycles. The van der Waals surface area contributed by atoms with Crippen LogP contribution in [0.4, 0.5) is 0 Å². The quantitative estimate of drug-likeness (QED) is 0.831. The summed E-state index contributed by atoms with van der Waals surface area (Å²) in [4.78, 5) is 13.6. The summed E-state index contributed by atoms with van der Waals surface area (Å²) in [6.07, 6.45) is 0. The van der Waals surface area contributed by atoms with Gasteiger partial charge in [0.05, 0.1) is 6.61 Å². The zero-order chi connectivity index (χ0) is 12.8. The van der Waals surface area contributed by atoms with Gasteiger partial charge < -0.3 is 15.4 Å². The Labute approximate surface area is 102 Å². The predicted molar refractivity (Wildman–Crippen MR) is 68.0 cm³/mol. The van der Waals surface area contributed by atoms with Crippen LogP contribution in [0.5, 0.6) is 0 Å². The van der Waals surface area contributed by atoms with E-state index in [1.807, 2.05) is 31.2 Å². The number of carbonyl (C=O) groups excluding carboxylic acids is 1. The lowest BCUT2D eigenvalue weighted by atomic mass is 10.1. The Balaban J connectivity index is 2.60. The van der Waals surface area contributed by atoms with Gasteiger partial charge in [0.25, 0.3) is 5.91 Å². The first-order chi connectivity index (χ1) is 8.04. The van der Waals surface area contributed by atoms with Crippen molar-refractivity contribution in [1.82, 2.24) is 4.90 Å². The second-order valence-electron chi connectivity index (χ2n) is 4.27. The fourth-order valence-electron chi connectivity index (χ4n) is 1.62. The molecule has 1 aromatic carbocycles. The van der Waals surface area contributed by atoms with Crippen LogP contribution >= 0.6 is 0 Å². The lowest BCUT2D eigenvalue weighted by molar-refractivity contribution is 0.0764. The maximum absolute atomic E-state index is 12.0. The van der Waals surface area contributed by atoms with Gasteiger partial charge in [0.1, 0.15) is 0 Å². The highest BCUT2D eigenvalue weighted by Gasteiger charge is 2.14. The molecule has 0 spiro atoms. The van der Waals surface area contributed by atoms with Crippen LogP contribution in [-0.2, 0) is 4.74 Å². The number of benzene rings is 1. The summed E-state index contributed by atoms with van der Waals surface area (Å²) >= 11 is 0. The summed E-state index contributed by atoms with van der Waals surface area (Å²) in [6, 6.07) is 7.36. The van der Waals surface area contributed by atoms with E-state index in [4.69, 9.17) is 10.5 Å². The maximum Gasteiger partial charge on any atom is 0.253 e. The van der Waals surface area contributed by atoms with Gasteiger partial charge in [-0.1, -0.05) is 17.7 Å². The van der Waals surface area contributed by atoms with Gasteiger partial charge in [0, 0.05) is 32.3 Å². The number of amides is 1. The van der Waals surface area contributed by atoms with Gasteiger partial charge in [-0.3, -0.25) is 4.79 Å². The summed E-state index contributed by atoms with van der Waals surface area (Å²) in [7, 11) is 3.35. The molecule has 1 atom stereocenters. The number of aryl methyl sites for hydroxylation is 1. The highest BCUT2D eigenvalue weighted by Crippen LogP contribution is 2.06. The summed E-state index contributed by atoms with van der Waals surface area (Å²) < 4.78 is 4.94. The van der Waals surface area contributed by atoms with E-state index < -0.39 is 0 Å². The Hall–Kier alpha value is -1.39. The van der Waals surface area contributed by atoms with Crippen LogP contribution in [0.1, 0.15) is 15.9 Å². The zero-order valence-corrected chi connectivity index (χ0v) is 10.6. The summed E-state index contributed by atoms with van der Waals surface area (Å²) in [5.41, 5.74) is 7.63. The monoisotopic (exact) mass is 236 g/mol. The number of nitrogens with two attached hydrogens (primary N) is 1. The highest BCUT2D eigenvalue weighted by molar-refractivity contribution is 5.94. The number of rotatable bonds is 5. The van der Waals surface area contributed by atoms with Crippen LogP contribution in [0.2, 0.25) is 0 Å². The number of ether oxygens (including phenoxy) is 1. The first kappa shape index (κ1) is 13.7. The van der Waals surface area contributed by atoms with Crippen LogP contribution in [0, 0.1) is 6.92 Å². The van der Waals surface area contributed by atoms with Crippen molar-refractivity contribution < 1.29 is 9.53 Å². The third kappa shape index (κ3) is 4.17. The molecule has 0 aromatic heterocycles. The van der Waals surface area contributed by atoms with Gasteiger partial charge in [-0.05, 0) is 19.1 Å². The molecule has 0 fully saturated rings. The van der Waals surface area contributed by atoms with Gasteiger partial charge in [-0.2, -0.15) is 0 Å². The number of likely N-dealkylation sites (N-methyl/N-ethyl adjacent to an activating group) is 1. The molecule has 1 amide bonds. The Morgan fingerprint density at radius 2 is 2.00 bits per heavy atom. The van der Waals surface area contributed by atoms with Crippen molar-refractivity contribution in [2.75, 3.05) is 27.3 Å². The first-order valence-electron chi connectivity index (χ1n) is 5.61. The van der Waals surface area contributed by atoms with Crippen molar-refractivity contribution in [3.8, 4) is 0 Å². The molecule has 94 valence electrons. The van der Waals surface area contributed by atoms with Crippen LogP contribution in [0.3, 0.4) is 0 Å². The number of nitrogens with zero attached hydrogens (tertiary/aromatic N) is 1. The van der Waals surface area contributed by atoms with E-state index in [0.29, 0.717) is 18.7 Å². The first-order valence-corrected chi connectivity index (χ1v) is 5.61. The number of hydrogen-bond donors (Lipinski definition) is 1. The second kappa shape index (κ2) is 6.37. The Morgan fingerprint density at radius 1 is 1.41 bits per heavy atom. The Morgan fingerprint density at radius 3 is 2.53 bits per heavy atom. The van der Waals surface area contributed by atoms with Crippen molar-refractivity contribution in [2.24, 2.45) is 5.73 Å². The molecule has 4 nitrogen and oxygen atoms in total. The molecule has 4 heteroatoms. The molecular weight excluding hydrogens is 216 g/mol. The van der Waals surface area contributed by atoms with Crippen molar-refractivity contribution in [1.29, 1.82) is 0 Å². The van der Waals surface area contributed by atoms with Crippen molar-refractivity contribution in [3.63, 3.8) is 0 Å². The lowest BCUT2D eigenvalue weighted by Crippen LogP contribution is -2.41. The molecule has 0 bridgehead atoms. The fraction of sp³-hybridized carbons (Fsp3) is 0.462. The second-order valence-corrected chi connectivity index (χ2v) is 4.27. The number of methoxy groups -OCH3 is 1. The fourth-order valence-corrected chi connectivity index (χ4v) is 1.62. The molecule has 1 rings (SSSR count). The third-order valence-corrected chi connectivity index (χ3v) is 2.53. The summed E-state index contributed by atoms with van der Waals surface area (Å²) in [5, 5.41) is 0. The van der Waals surface area contributed by atoms with Gasteiger partial charge in [0.2, 0.25) is 0 Å². The summed E-state index contributed by atoms with van der Waals surface area (Å²) in [5.74, 6) is -0.0171. The van der Waals surface area contributed by atoms with E-state index in [0.717, 1.165) is 5.56 Å². The minimum absolute atomic E-state index is 0.0171. The molecule has 2 N–H and O–H groups in total. The molecular formula is C13H20N2O2. The van der Waals surface area contributed by atoms with Crippen LogP contribution in [-0.4, -0.2) is 44.2 Å². The van der Waals surface area contributed by atoms with Gasteiger partial charge in [-0.25, -0.2) is 0 Å². The normalized spacial score (nSPS) is 12.2. The largest absolute Gasteiger partial charge is 0.383 e. The minimum atomic E-state index is -0.153. The van der Waals surface area contributed by atoms with Crippen molar-refractivity contribution in [3.05, 3.63) is 35.4 Å². The van der Waals surface area contributed by atoms with E-state index in [1.54, 1.807) is 19.1 Å². The van der Waals surface area contributed by atoms with Crippen LogP contribution in [0.15, 0.2) is 24.3 Å². The molecule has 0 heterocycles. The van der Waals surface area contributed by atoms with Crippen molar-refractivity contribution >= 4 is 5.91 Å². The molecule has 1 unspecified atom stereocenters. The number of carbonyl (C=O) groups is 1. The van der Waals surface area contributed by atoms with Crippen LogP contribution < -0.4 is 5.73 Å². The number of hydrogen-bond acceptors (Lipinski definition) is 3. The third-order valence-electron chi connectivity index (χ3n) is 2.53. The molecule has 0 radical (unpaired) electrons. The van der Waals surface area contributed by atoms with Gasteiger partial charge in [-0.15, -0.1) is 0 Å². The van der Waals surface area contributed by atoms with Gasteiger partial charge in [0.15, 0.2) is 0 Å². The van der Waals surface area contributed by atoms with Gasteiger partial charge >= 0.3 is 0 Å². The highest BCUT2D eigenvalue weighted by atomic mass is 16.5. The summed E-state index contributed by atoms with van der Waals surface area (Å²) in [6.45, 7) is 2.93. The zero-order valence-electron chi connectivity index (χ0n) is 10.6. The minimum Gasteiger partial charge on any atom is -0.383 e. The predicted octanol–water partition coefficient (Wildman–Crippen LogP) is 1.04. The lowest BCUT2D eigenvalue weighted by Gasteiger charge is -2.21. The molecule has 17 heavy (non-hydrogen) atoms. The van der Waals surface area contributed by atoms with Crippen molar-refractivity contribution in [2.45, 2.75) is 13.0 Å². The molecule has 0 saturated carbocycles. The molecule has 0 aliphatic rings. The Kier molecular flexibility index (Phi) is 5.12. The molecule has 0 aliphatic heterocycles. The Bertz CT molecular complexity index is 362.